The SMILES string of the molecule is CC(=O)N1CCC[C@H]1C(=O)N1CCC[C@H]1C(=O)N[C@@H](Cc1ccccc1)C(=O)N[C@@H](CC(C)C)C(=O)C1(C)CO1. The highest BCUT2D eigenvalue weighted by Crippen LogP contribution is 2.30. The van der Waals surface area contributed by atoms with Gasteiger partial charge in [0.15, 0.2) is 5.78 Å². The zero-order valence-electron chi connectivity index (χ0n) is 24.0. The van der Waals surface area contributed by atoms with Gasteiger partial charge in [0.25, 0.3) is 0 Å². The summed E-state index contributed by atoms with van der Waals surface area (Å²) < 4.78 is 5.36. The Morgan fingerprint density at radius 1 is 0.950 bits per heavy atom. The van der Waals surface area contributed by atoms with Crippen molar-refractivity contribution in [3.8, 4) is 0 Å². The van der Waals surface area contributed by atoms with Crippen molar-refractivity contribution in [1.82, 2.24) is 20.4 Å². The van der Waals surface area contributed by atoms with Crippen LogP contribution < -0.4 is 10.6 Å². The van der Waals surface area contributed by atoms with E-state index < -0.39 is 41.6 Å². The summed E-state index contributed by atoms with van der Waals surface area (Å²) in [6.45, 7) is 8.44. The largest absolute Gasteiger partial charge is 0.361 e. The molecule has 0 radical (unpaired) electrons. The first kappa shape index (κ1) is 29.7. The van der Waals surface area contributed by atoms with E-state index >= 15 is 0 Å². The molecule has 3 saturated heterocycles. The van der Waals surface area contributed by atoms with Gasteiger partial charge in [-0.05, 0) is 50.5 Å². The lowest BCUT2D eigenvalue weighted by molar-refractivity contribution is -0.146. The molecule has 40 heavy (non-hydrogen) atoms. The molecule has 10 heteroatoms. The highest BCUT2D eigenvalue weighted by atomic mass is 16.6. The maximum atomic E-state index is 13.6. The minimum absolute atomic E-state index is 0.147. The van der Waals surface area contributed by atoms with Crippen molar-refractivity contribution in [1.29, 1.82) is 0 Å². The quantitative estimate of drug-likeness (QED) is 0.400. The van der Waals surface area contributed by atoms with Crippen LogP contribution in [-0.2, 0) is 35.1 Å². The number of epoxide rings is 1. The number of nitrogens with one attached hydrogen (secondary N) is 2. The molecular formula is C30H42N4O6. The minimum atomic E-state index is -0.942. The summed E-state index contributed by atoms with van der Waals surface area (Å²) in [6, 6.07) is 6.41. The van der Waals surface area contributed by atoms with Crippen LogP contribution in [0.2, 0.25) is 0 Å². The van der Waals surface area contributed by atoms with Crippen LogP contribution >= 0.6 is 0 Å². The molecule has 10 nitrogen and oxygen atoms in total. The van der Waals surface area contributed by atoms with Gasteiger partial charge in [-0.25, -0.2) is 0 Å². The molecule has 0 spiro atoms. The second kappa shape index (κ2) is 12.5. The van der Waals surface area contributed by atoms with Gasteiger partial charge in [0.2, 0.25) is 23.6 Å². The van der Waals surface area contributed by atoms with Crippen molar-refractivity contribution in [2.24, 2.45) is 5.92 Å². The summed E-state index contributed by atoms with van der Waals surface area (Å²) in [7, 11) is 0. The van der Waals surface area contributed by atoms with Crippen LogP contribution in [0.15, 0.2) is 30.3 Å². The van der Waals surface area contributed by atoms with E-state index in [2.05, 4.69) is 10.6 Å². The van der Waals surface area contributed by atoms with Crippen LogP contribution in [0.1, 0.15) is 65.4 Å². The monoisotopic (exact) mass is 554 g/mol. The molecule has 3 aliphatic rings. The Hall–Kier alpha value is -3.27. The summed E-state index contributed by atoms with van der Waals surface area (Å²) in [6.07, 6.45) is 3.16. The van der Waals surface area contributed by atoms with Crippen molar-refractivity contribution in [3.63, 3.8) is 0 Å². The number of hydrogen-bond acceptors (Lipinski definition) is 6. The van der Waals surface area contributed by atoms with E-state index in [4.69, 9.17) is 4.74 Å². The maximum absolute atomic E-state index is 13.6. The molecule has 218 valence electrons. The van der Waals surface area contributed by atoms with Gasteiger partial charge in [0, 0.05) is 26.4 Å². The molecular weight excluding hydrogens is 512 g/mol. The topological polar surface area (TPSA) is 128 Å². The second-order valence-corrected chi connectivity index (χ2v) is 11.9. The van der Waals surface area contributed by atoms with Crippen molar-refractivity contribution in [2.45, 2.75) is 96.0 Å². The molecule has 3 fully saturated rings. The van der Waals surface area contributed by atoms with Gasteiger partial charge >= 0.3 is 0 Å². The van der Waals surface area contributed by atoms with Crippen LogP contribution in [0, 0.1) is 5.92 Å². The van der Waals surface area contributed by atoms with Crippen molar-refractivity contribution in [2.75, 3.05) is 19.7 Å². The fourth-order valence-electron chi connectivity index (χ4n) is 5.82. The molecule has 1 aromatic carbocycles. The van der Waals surface area contributed by atoms with Gasteiger partial charge in [0.1, 0.15) is 23.7 Å². The van der Waals surface area contributed by atoms with Gasteiger partial charge in [-0.2, -0.15) is 0 Å². The summed E-state index contributed by atoms with van der Waals surface area (Å²) in [5, 5.41) is 5.80. The Balaban J connectivity index is 1.50. The first-order valence-corrected chi connectivity index (χ1v) is 14.4. The molecule has 0 saturated carbocycles. The third kappa shape index (κ3) is 6.89. The number of Topliss-reactive ketones (excluding diaryl/α,β-unsaturated/α-hetero) is 1. The summed E-state index contributed by atoms with van der Waals surface area (Å²) in [5.74, 6) is -1.23. The fourth-order valence-corrected chi connectivity index (χ4v) is 5.82. The standard InChI is InChI=1S/C30H42N4O6/c1-19(2)16-22(26(36)30(4)18-40-30)31-27(37)23(17-21-10-6-5-7-11-21)32-28(38)24-12-8-15-34(24)29(39)25-13-9-14-33(25)20(3)35/h5-7,10-11,19,22-25H,8-9,12-18H2,1-4H3,(H,31,37)(H,32,38)/t22-,23-,24-,25-,30?/m0/s1. The van der Waals surface area contributed by atoms with Gasteiger partial charge in [-0.1, -0.05) is 44.2 Å². The predicted molar refractivity (Wildman–Crippen MR) is 148 cm³/mol. The Morgan fingerprint density at radius 2 is 1.57 bits per heavy atom. The lowest BCUT2D eigenvalue weighted by Gasteiger charge is -2.31. The molecule has 0 bridgehead atoms. The molecule has 4 rings (SSSR count). The van der Waals surface area contributed by atoms with Crippen molar-refractivity contribution >= 4 is 29.4 Å². The molecule has 5 atom stereocenters. The Labute approximate surface area is 236 Å². The van der Waals surface area contributed by atoms with Gasteiger partial charge < -0.3 is 25.2 Å². The molecule has 1 aromatic rings. The smallest absolute Gasteiger partial charge is 0.246 e. The number of amides is 4. The van der Waals surface area contributed by atoms with E-state index in [0.717, 1.165) is 12.0 Å². The van der Waals surface area contributed by atoms with E-state index in [1.807, 2.05) is 44.2 Å². The first-order valence-electron chi connectivity index (χ1n) is 14.4. The number of likely N-dealkylation sites (tertiary alicyclic amines) is 2. The summed E-state index contributed by atoms with van der Waals surface area (Å²) >= 11 is 0. The van der Waals surface area contributed by atoms with E-state index in [0.29, 0.717) is 45.4 Å². The maximum Gasteiger partial charge on any atom is 0.246 e. The van der Waals surface area contributed by atoms with Crippen LogP contribution in [0.25, 0.3) is 0 Å². The number of rotatable bonds is 11. The highest BCUT2D eigenvalue weighted by molar-refractivity contribution is 5.99. The van der Waals surface area contributed by atoms with Crippen molar-refractivity contribution in [3.05, 3.63) is 35.9 Å². The highest BCUT2D eigenvalue weighted by Gasteiger charge is 2.50. The second-order valence-electron chi connectivity index (χ2n) is 11.9. The number of nitrogens with zero attached hydrogens (tertiary/aromatic N) is 2. The number of benzene rings is 1. The van der Waals surface area contributed by atoms with E-state index in [-0.39, 0.29) is 29.9 Å². The Bertz CT molecular complexity index is 1120. The number of carbonyl (C=O) groups excluding carboxylic acids is 5. The molecule has 3 heterocycles. The normalized spacial score (nSPS) is 25.4. The van der Waals surface area contributed by atoms with Gasteiger partial charge in [-0.3, -0.25) is 24.0 Å². The average molecular weight is 555 g/mol. The van der Waals surface area contributed by atoms with Crippen molar-refractivity contribution < 1.29 is 28.7 Å². The van der Waals surface area contributed by atoms with Crippen LogP contribution in [-0.4, -0.2) is 88.7 Å². The number of ketones is 1. The zero-order valence-corrected chi connectivity index (χ0v) is 24.0. The molecule has 1 unspecified atom stereocenters. The minimum Gasteiger partial charge on any atom is -0.361 e. The number of carbonyl (C=O) groups is 5. The molecule has 3 aliphatic heterocycles. The molecule has 0 aliphatic carbocycles. The lowest BCUT2D eigenvalue weighted by Crippen LogP contribution is -2.58. The average Bonchev–Trinajstić information content (AvgIpc) is 3.31. The van der Waals surface area contributed by atoms with E-state index in [9.17, 15) is 24.0 Å². The zero-order chi connectivity index (χ0) is 29.0. The molecule has 4 amide bonds. The number of ether oxygens (including phenoxy) is 1. The third-order valence-corrected chi connectivity index (χ3v) is 8.14. The fraction of sp³-hybridized carbons (Fsp3) is 0.633. The molecule has 2 N–H and O–H groups in total. The lowest BCUT2D eigenvalue weighted by atomic mass is 9.93. The Morgan fingerprint density at radius 3 is 2.17 bits per heavy atom. The van der Waals surface area contributed by atoms with Crippen LogP contribution in [0.5, 0.6) is 0 Å². The summed E-state index contributed by atoms with van der Waals surface area (Å²) in [4.78, 5) is 69.0. The van der Waals surface area contributed by atoms with Gasteiger partial charge in [0.05, 0.1) is 12.6 Å². The van der Waals surface area contributed by atoms with Gasteiger partial charge in [-0.15, -0.1) is 0 Å². The Kier molecular flexibility index (Phi) is 9.28. The summed E-state index contributed by atoms with van der Waals surface area (Å²) in [5.41, 5.74) is -0.0291. The number of hydrogen-bond donors (Lipinski definition) is 2. The predicted octanol–water partition coefficient (Wildman–Crippen LogP) is 1.60. The third-order valence-electron chi connectivity index (χ3n) is 8.14. The van der Waals surface area contributed by atoms with E-state index in [1.54, 1.807) is 16.7 Å². The first-order chi connectivity index (χ1) is 19.0. The van der Waals surface area contributed by atoms with Crippen LogP contribution in [0.3, 0.4) is 0 Å². The van der Waals surface area contributed by atoms with E-state index in [1.165, 1.54) is 6.92 Å². The molecule has 0 aromatic heterocycles. The van der Waals surface area contributed by atoms with Crippen LogP contribution in [0.4, 0.5) is 0 Å².